The molecular weight excluding hydrogens is 343 g/mol. The number of halogens is 1. The predicted molar refractivity (Wildman–Crippen MR) is 60.2 cm³/mol. The summed E-state index contributed by atoms with van der Waals surface area (Å²) in [5, 5.41) is 0. The zero-order valence-corrected chi connectivity index (χ0v) is 11.8. The van der Waals surface area contributed by atoms with E-state index >= 15 is 0 Å². The van der Waals surface area contributed by atoms with Crippen molar-refractivity contribution in [2.24, 2.45) is 0 Å². The van der Waals surface area contributed by atoms with E-state index in [0.717, 1.165) is 18.7 Å². The average molecular weight is 353 g/mol. The third kappa shape index (κ3) is 2.98. The molecule has 0 aliphatic carbocycles. The average Bonchev–Trinajstić information content (AvgIpc) is 2.87. The van der Waals surface area contributed by atoms with E-state index in [1.165, 1.54) is 0 Å². The second-order valence-corrected chi connectivity index (χ2v) is 6.23. The monoisotopic (exact) mass is 353 g/mol. The van der Waals surface area contributed by atoms with Gasteiger partial charge in [-0.05, 0) is 0 Å². The van der Waals surface area contributed by atoms with E-state index in [1.54, 1.807) is 12.5 Å². The van der Waals surface area contributed by atoms with Crippen molar-refractivity contribution in [3.05, 3.63) is 43.3 Å². The van der Waals surface area contributed by atoms with Crippen LogP contribution >= 0.6 is 25.3 Å². The molecule has 0 amide bonds. The molecule has 0 radical (unpaired) electrons. The van der Waals surface area contributed by atoms with E-state index in [0.29, 0.717) is 11.5 Å². The molecule has 0 aromatic carbocycles. The maximum atomic E-state index is 5.42. The molecule has 5 heteroatoms. The predicted octanol–water partition coefficient (Wildman–Crippen LogP) is -0.139. The highest BCUT2D eigenvalue weighted by Crippen LogP contribution is 2.04. The molecule has 2 heterocycles. The standard InChI is InChI=1S/C10H9IO2S2/c14-5-7-1-9(12-3-7)11-10-2-8(6-15)4-13-10/h1-4H,5-6H2,(H-,14,15)/p+1. The number of furan rings is 2. The molecule has 15 heavy (non-hydrogen) atoms. The van der Waals surface area contributed by atoms with Crippen LogP contribution in [0, 0.1) is 7.53 Å². The van der Waals surface area contributed by atoms with Gasteiger partial charge in [-0.15, -0.1) is 0 Å². The van der Waals surface area contributed by atoms with Crippen LogP contribution < -0.4 is 21.2 Å². The summed E-state index contributed by atoms with van der Waals surface area (Å²) in [4.78, 5) is 0. The Morgan fingerprint density at radius 3 is 1.73 bits per heavy atom. The lowest BCUT2D eigenvalue weighted by atomic mass is 10.4. The Morgan fingerprint density at radius 2 is 1.40 bits per heavy atom. The molecule has 2 aromatic rings. The Balaban J connectivity index is 2.07. The Kier molecular flexibility index (Phi) is 4.10. The van der Waals surface area contributed by atoms with Crippen LogP contribution in [0.1, 0.15) is 11.1 Å². The molecule has 0 saturated carbocycles. The van der Waals surface area contributed by atoms with Crippen molar-refractivity contribution in [2.45, 2.75) is 11.5 Å². The first-order chi connectivity index (χ1) is 7.31. The maximum Gasteiger partial charge on any atom is 0.442 e. The van der Waals surface area contributed by atoms with E-state index in [4.69, 9.17) is 8.83 Å². The fourth-order valence-electron chi connectivity index (χ4n) is 1.05. The summed E-state index contributed by atoms with van der Waals surface area (Å²) in [7, 11) is 0. The van der Waals surface area contributed by atoms with E-state index in [9.17, 15) is 0 Å². The molecule has 0 N–H and O–H groups in total. The first-order valence-electron chi connectivity index (χ1n) is 4.33. The molecule has 2 nitrogen and oxygen atoms in total. The van der Waals surface area contributed by atoms with Gasteiger partial charge in [0, 0.05) is 34.8 Å². The van der Waals surface area contributed by atoms with Crippen molar-refractivity contribution >= 4 is 25.3 Å². The summed E-state index contributed by atoms with van der Waals surface area (Å²) in [5.41, 5.74) is 2.24. The Labute approximate surface area is 110 Å². The van der Waals surface area contributed by atoms with Gasteiger partial charge in [0.15, 0.2) is 0 Å². The first kappa shape index (κ1) is 11.5. The third-order valence-electron chi connectivity index (χ3n) is 1.79. The van der Waals surface area contributed by atoms with E-state index in [-0.39, 0.29) is 21.2 Å². The highest BCUT2D eigenvalue weighted by Gasteiger charge is 2.24. The quantitative estimate of drug-likeness (QED) is 0.591. The van der Waals surface area contributed by atoms with Crippen LogP contribution in [0.25, 0.3) is 0 Å². The van der Waals surface area contributed by atoms with Crippen molar-refractivity contribution < 1.29 is 30.0 Å². The summed E-state index contributed by atoms with van der Waals surface area (Å²) in [6.07, 6.45) is 3.51. The van der Waals surface area contributed by atoms with Gasteiger partial charge >= 0.3 is 28.7 Å². The van der Waals surface area contributed by atoms with Crippen LogP contribution in [0.5, 0.6) is 0 Å². The molecule has 0 atom stereocenters. The number of rotatable bonds is 4. The smallest absolute Gasteiger partial charge is 0.426 e. The zero-order chi connectivity index (χ0) is 10.7. The minimum Gasteiger partial charge on any atom is -0.426 e. The van der Waals surface area contributed by atoms with Gasteiger partial charge in [-0.1, -0.05) is 0 Å². The maximum absolute atomic E-state index is 5.42. The second kappa shape index (κ2) is 5.36. The van der Waals surface area contributed by atoms with Crippen LogP contribution in [0.3, 0.4) is 0 Å². The van der Waals surface area contributed by atoms with Gasteiger partial charge in [0.25, 0.3) is 0 Å². The summed E-state index contributed by atoms with van der Waals surface area (Å²) >= 11 is 8.03. The highest BCUT2D eigenvalue weighted by molar-refractivity contribution is 7.79. The number of hydrogen-bond acceptors (Lipinski definition) is 4. The molecule has 0 aliphatic heterocycles. The Hall–Kier alpha value is -0.0100. The second-order valence-electron chi connectivity index (χ2n) is 2.93. The molecule has 0 saturated heterocycles. The molecular formula is C10H10IO2S2+. The third-order valence-corrected chi connectivity index (χ3v) is 4.72. The van der Waals surface area contributed by atoms with Gasteiger partial charge in [0.1, 0.15) is 0 Å². The van der Waals surface area contributed by atoms with Crippen LogP contribution in [0.4, 0.5) is 0 Å². The fourth-order valence-corrected chi connectivity index (χ4v) is 3.52. The van der Waals surface area contributed by atoms with Gasteiger partial charge in [-0.25, -0.2) is 0 Å². The molecule has 0 spiro atoms. The molecule has 2 rings (SSSR count). The largest absolute Gasteiger partial charge is 0.442 e. The molecule has 0 aliphatic rings. The number of thiol groups is 2. The van der Waals surface area contributed by atoms with Crippen molar-refractivity contribution in [1.82, 2.24) is 0 Å². The van der Waals surface area contributed by atoms with Crippen molar-refractivity contribution in [2.75, 3.05) is 0 Å². The van der Waals surface area contributed by atoms with E-state index in [2.05, 4.69) is 25.3 Å². The fraction of sp³-hybridized carbons (Fsp3) is 0.200. The van der Waals surface area contributed by atoms with Crippen LogP contribution in [-0.2, 0) is 11.5 Å². The highest BCUT2D eigenvalue weighted by atomic mass is 127. The topological polar surface area (TPSA) is 26.3 Å². The van der Waals surface area contributed by atoms with Gasteiger partial charge in [-0.2, -0.15) is 25.3 Å². The van der Waals surface area contributed by atoms with Crippen molar-refractivity contribution in [3.8, 4) is 0 Å². The molecule has 0 unspecified atom stereocenters. The minimum atomic E-state index is -0.343. The van der Waals surface area contributed by atoms with Gasteiger partial charge in [0.05, 0.1) is 12.5 Å². The lowest BCUT2D eigenvalue weighted by molar-refractivity contribution is -0.636. The van der Waals surface area contributed by atoms with Gasteiger partial charge in [-0.3, -0.25) is 0 Å². The summed E-state index contributed by atoms with van der Waals surface area (Å²) in [5.74, 6) is 1.43. The molecule has 2 aromatic heterocycles. The van der Waals surface area contributed by atoms with Crippen LogP contribution in [0.15, 0.2) is 33.5 Å². The van der Waals surface area contributed by atoms with E-state index < -0.39 is 0 Å². The Morgan fingerprint density at radius 1 is 0.933 bits per heavy atom. The van der Waals surface area contributed by atoms with E-state index in [1.807, 2.05) is 12.1 Å². The van der Waals surface area contributed by atoms with Crippen LogP contribution in [-0.4, -0.2) is 0 Å². The lowest BCUT2D eigenvalue weighted by Gasteiger charge is -1.76. The molecule has 80 valence electrons. The summed E-state index contributed by atoms with van der Waals surface area (Å²) in [6, 6.07) is 4.09. The normalized spacial score (nSPS) is 10.8. The number of hydrogen-bond donors (Lipinski definition) is 2. The molecule has 0 bridgehead atoms. The van der Waals surface area contributed by atoms with Gasteiger partial charge < -0.3 is 8.83 Å². The van der Waals surface area contributed by atoms with Crippen molar-refractivity contribution in [1.29, 1.82) is 0 Å². The zero-order valence-electron chi connectivity index (χ0n) is 7.81. The summed E-state index contributed by atoms with van der Waals surface area (Å²) < 4.78 is 12.9. The lowest BCUT2D eigenvalue weighted by Crippen LogP contribution is -3.61. The molecule has 0 fully saturated rings. The van der Waals surface area contributed by atoms with Crippen LogP contribution in [0.2, 0.25) is 0 Å². The van der Waals surface area contributed by atoms with Crippen molar-refractivity contribution in [3.63, 3.8) is 0 Å². The Bertz CT molecular complexity index is 396. The van der Waals surface area contributed by atoms with Gasteiger partial charge in [0.2, 0.25) is 0 Å². The summed E-state index contributed by atoms with van der Waals surface area (Å²) in [6.45, 7) is 0. The SMILES string of the molecule is SCc1coc([I+]c2cc(CS)co2)c1. The minimum absolute atomic E-state index is 0.343. The first-order valence-corrected chi connectivity index (χ1v) is 7.75.